The lowest BCUT2D eigenvalue weighted by Gasteiger charge is -2.32. The van der Waals surface area contributed by atoms with Gasteiger partial charge in [-0.3, -0.25) is 0 Å². The molecule has 5 aromatic rings. The maximum absolute atomic E-state index is 6.12. The van der Waals surface area contributed by atoms with Gasteiger partial charge >= 0.3 is 0 Å². The lowest BCUT2D eigenvalue weighted by molar-refractivity contribution is 0.477. The highest BCUT2D eigenvalue weighted by Crippen LogP contribution is 2.50. The van der Waals surface area contributed by atoms with Crippen LogP contribution < -0.4 is 15.0 Å². The van der Waals surface area contributed by atoms with E-state index in [1.165, 1.54) is 11.1 Å². The van der Waals surface area contributed by atoms with Crippen LogP contribution in [0.1, 0.15) is 0 Å². The molecule has 0 bridgehead atoms. The summed E-state index contributed by atoms with van der Waals surface area (Å²) in [6, 6.07) is 43.7. The Morgan fingerprint density at radius 3 is 1.55 bits per heavy atom. The van der Waals surface area contributed by atoms with Gasteiger partial charge in [-0.05, 0) is 71.8 Å². The highest BCUT2D eigenvalue weighted by molar-refractivity contribution is 5.86. The number of anilines is 5. The number of para-hydroxylation sites is 4. The highest BCUT2D eigenvalue weighted by Gasteiger charge is 2.24. The van der Waals surface area contributed by atoms with E-state index in [0.29, 0.717) is 0 Å². The van der Waals surface area contributed by atoms with E-state index in [-0.39, 0.29) is 0 Å². The molecule has 5 aromatic carbocycles. The predicted octanol–water partition coefficient (Wildman–Crippen LogP) is 8.67. The molecule has 3 heteroatoms. The number of nitrogens with one attached hydrogen (secondary N) is 1. The molecule has 0 aliphatic carbocycles. The van der Waals surface area contributed by atoms with Crippen molar-refractivity contribution < 1.29 is 4.74 Å². The standard InChI is InChI=1S/C30H22N2O/c1-2-8-22(9-3-1)23-14-16-24(17-15-23)31-25-18-20-26(21-19-25)32-27-10-4-6-12-29(27)33-30-13-7-5-11-28(30)32/h1-21,31H. The van der Waals surface area contributed by atoms with E-state index in [4.69, 9.17) is 4.74 Å². The molecule has 0 aromatic heterocycles. The second-order valence-corrected chi connectivity index (χ2v) is 7.99. The van der Waals surface area contributed by atoms with Gasteiger partial charge in [0.1, 0.15) is 0 Å². The summed E-state index contributed by atoms with van der Waals surface area (Å²) in [5.41, 5.74) is 7.69. The summed E-state index contributed by atoms with van der Waals surface area (Å²) in [7, 11) is 0. The zero-order chi connectivity index (χ0) is 22.0. The molecular weight excluding hydrogens is 404 g/mol. The number of nitrogens with zero attached hydrogens (tertiary/aromatic N) is 1. The van der Waals surface area contributed by atoms with E-state index >= 15 is 0 Å². The Kier molecular flexibility index (Phi) is 4.78. The molecule has 0 saturated carbocycles. The molecule has 0 radical (unpaired) electrons. The number of hydrogen-bond donors (Lipinski definition) is 1. The first-order valence-electron chi connectivity index (χ1n) is 11.0. The monoisotopic (exact) mass is 426 g/mol. The molecule has 1 aliphatic heterocycles. The van der Waals surface area contributed by atoms with Crippen LogP contribution in [0.4, 0.5) is 28.4 Å². The van der Waals surface area contributed by atoms with E-state index in [9.17, 15) is 0 Å². The summed E-state index contributed by atoms with van der Waals surface area (Å²) in [5, 5.41) is 3.51. The Balaban J connectivity index is 1.26. The number of rotatable bonds is 4. The smallest absolute Gasteiger partial charge is 0.151 e. The molecule has 0 unspecified atom stereocenters. The average Bonchev–Trinajstić information content (AvgIpc) is 2.89. The first-order chi connectivity index (χ1) is 16.3. The van der Waals surface area contributed by atoms with Gasteiger partial charge in [0, 0.05) is 17.1 Å². The lowest BCUT2D eigenvalue weighted by Crippen LogP contribution is -2.15. The molecule has 0 amide bonds. The molecule has 3 nitrogen and oxygen atoms in total. The molecule has 0 fully saturated rings. The molecular formula is C30H22N2O. The van der Waals surface area contributed by atoms with Crippen molar-refractivity contribution >= 4 is 28.4 Å². The quantitative estimate of drug-likeness (QED) is 0.305. The fourth-order valence-corrected chi connectivity index (χ4v) is 4.22. The van der Waals surface area contributed by atoms with Crippen LogP contribution in [0.25, 0.3) is 11.1 Å². The minimum absolute atomic E-state index is 0.858. The van der Waals surface area contributed by atoms with Gasteiger partial charge in [-0.25, -0.2) is 0 Å². The molecule has 0 saturated heterocycles. The second-order valence-electron chi connectivity index (χ2n) is 7.99. The van der Waals surface area contributed by atoms with Crippen LogP contribution in [0.3, 0.4) is 0 Å². The van der Waals surface area contributed by atoms with Gasteiger partial charge in [0.05, 0.1) is 11.4 Å². The Hall–Kier alpha value is -4.50. The largest absolute Gasteiger partial charge is 0.453 e. The number of ether oxygens (including phenoxy) is 1. The Labute approximate surface area is 193 Å². The molecule has 1 N–H and O–H groups in total. The van der Waals surface area contributed by atoms with Gasteiger partial charge in [-0.15, -0.1) is 0 Å². The van der Waals surface area contributed by atoms with E-state index < -0.39 is 0 Å². The van der Waals surface area contributed by atoms with E-state index in [1.54, 1.807) is 0 Å². The third-order valence-electron chi connectivity index (χ3n) is 5.84. The molecule has 6 rings (SSSR count). The summed E-state index contributed by atoms with van der Waals surface area (Å²) >= 11 is 0. The molecule has 0 atom stereocenters. The van der Waals surface area contributed by atoms with E-state index in [0.717, 1.165) is 39.9 Å². The molecule has 1 aliphatic rings. The molecule has 158 valence electrons. The SMILES string of the molecule is c1ccc(-c2ccc(Nc3ccc(N4c5ccccc5Oc5ccccc54)cc3)cc2)cc1. The van der Waals surface area contributed by atoms with Gasteiger partial charge < -0.3 is 15.0 Å². The van der Waals surface area contributed by atoms with Gasteiger partial charge in [-0.2, -0.15) is 0 Å². The summed E-state index contributed by atoms with van der Waals surface area (Å²) in [5.74, 6) is 1.72. The zero-order valence-electron chi connectivity index (χ0n) is 18.0. The minimum Gasteiger partial charge on any atom is -0.453 e. The number of fused-ring (bicyclic) bond motifs is 2. The molecule has 1 heterocycles. The summed E-state index contributed by atoms with van der Waals surface area (Å²) in [4.78, 5) is 2.24. The fraction of sp³-hybridized carbons (Fsp3) is 0. The van der Waals surface area contributed by atoms with Gasteiger partial charge in [0.25, 0.3) is 0 Å². The van der Waals surface area contributed by atoms with Crippen LogP contribution in [0.2, 0.25) is 0 Å². The normalized spacial score (nSPS) is 11.8. The van der Waals surface area contributed by atoms with E-state index in [2.05, 4.69) is 95.1 Å². The van der Waals surface area contributed by atoms with E-state index in [1.807, 2.05) is 42.5 Å². The minimum atomic E-state index is 0.858. The fourth-order valence-electron chi connectivity index (χ4n) is 4.22. The van der Waals surface area contributed by atoms with Crippen molar-refractivity contribution in [2.24, 2.45) is 0 Å². The maximum atomic E-state index is 6.12. The summed E-state index contributed by atoms with van der Waals surface area (Å²) in [6.45, 7) is 0. The lowest BCUT2D eigenvalue weighted by atomic mass is 10.1. The number of benzene rings is 5. The molecule has 0 spiro atoms. The van der Waals surface area contributed by atoms with Crippen LogP contribution >= 0.6 is 0 Å². The zero-order valence-corrected chi connectivity index (χ0v) is 18.0. The predicted molar refractivity (Wildman–Crippen MR) is 136 cm³/mol. The highest BCUT2D eigenvalue weighted by atomic mass is 16.5. The van der Waals surface area contributed by atoms with Gasteiger partial charge in [0.15, 0.2) is 11.5 Å². The van der Waals surface area contributed by atoms with Crippen molar-refractivity contribution in [3.05, 3.63) is 127 Å². The topological polar surface area (TPSA) is 24.5 Å². The third-order valence-corrected chi connectivity index (χ3v) is 5.84. The first kappa shape index (κ1) is 19.2. The van der Waals surface area contributed by atoms with Gasteiger partial charge in [-0.1, -0.05) is 66.7 Å². The van der Waals surface area contributed by atoms with Crippen molar-refractivity contribution in [1.82, 2.24) is 0 Å². The number of hydrogen-bond acceptors (Lipinski definition) is 3. The van der Waals surface area contributed by atoms with Crippen molar-refractivity contribution in [3.8, 4) is 22.6 Å². The molecule has 33 heavy (non-hydrogen) atoms. The van der Waals surface area contributed by atoms with Crippen LogP contribution in [0, 0.1) is 0 Å². The Bertz CT molecular complexity index is 1350. The first-order valence-corrected chi connectivity index (χ1v) is 11.0. The van der Waals surface area contributed by atoms with Gasteiger partial charge in [0.2, 0.25) is 0 Å². The third kappa shape index (κ3) is 3.70. The average molecular weight is 427 g/mol. The van der Waals surface area contributed by atoms with Crippen LogP contribution in [-0.4, -0.2) is 0 Å². The van der Waals surface area contributed by atoms with Crippen molar-refractivity contribution in [3.63, 3.8) is 0 Å². The van der Waals surface area contributed by atoms with Crippen LogP contribution in [-0.2, 0) is 0 Å². The second kappa shape index (κ2) is 8.21. The maximum Gasteiger partial charge on any atom is 0.151 e. The van der Waals surface area contributed by atoms with Crippen LogP contribution in [0.15, 0.2) is 127 Å². The van der Waals surface area contributed by atoms with Crippen molar-refractivity contribution in [2.45, 2.75) is 0 Å². The summed E-state index contributed by atoms with van der Waals surface area (Å²) < 4.78 is 6.12. The van der Waals surface area contributed by atoms with Crippen molar-refractivity contribution in [1.29, 1.82) is 0 Å². The van der Waals surface area contributed by atoms with Crippen molar-refractivity contribution in [2.75, 3.05) is 10.2 Å². The Morgan fingerprint density at radius 2 is 0.939 bits per heavy atom. The summed E-state index contributed by atoms with van der Waals surface area (Å²) in [6.07, 6.45) is 0. The van der Waals surface area contributed by atoms with Crippen LogP contribution in [0.5, 0.6) is 11.5 Å². The Morgan fingerprint density at radius 1 is 0.455 bits per heavy atom.